The Labute approximate surface area is 160 Å². The molecular formula is C21H26ClN2O2+. The van der Waals surface area contributed by atoms with Crippen LogP contribution in [-0.2, 0) is 17.8 Å². The largest absolute Gasteiger partial charge is 0.496 e. The second-order valence-corrected chi connectivity index (χ2v) is 7.41. The Bertz CT molecular complexity index is 778. The Morgan fingerprint density at radius 3 is 2.92 bits per heavy atom. The summed E-state index contributed by atoms with van der Waals surface area (Å²) in [7, 11) is 3.66. The van der Waals surface area contributed by atoms with Crippen LogP contribution >= 0.6 is 11.6 Å². The van der Waals surface area contributed by atoms with Crippen molar-refractivity contribution in [3.8, 4) is 5.75 Å². The average molecular weight is 374 g/mol. The first-order valence-corrected chi connectivity index (χ1v) is 9.45. The topological polar surface area (TPSA) is 42.8 Å². The number of carbonyl (C=O) groups is 1. The number of amides is 1. The predicted octanol–water partition coefficient (Wildman–Crippen LogP) is 2.56. The van der Waals surface area contributed by atoms with E-state index in [1.165, 1.54) is 11.1 Å². The minimum Gasteiger partial charge on any atom is -0.496 e. The van der Waals surface area contributed by atoms with Gasteiger partial charge in [-0.1, -0.05) is 35.9 Å². The number of hydrogen-bond acceptors (Lipinski definition) is 2. The number of methoxy groups -OCH3 is 1. The smallest absolute Gasteiger partial charge is 0.275 e. The Balaban J connectivity index is 1.60. The van der Waals surface area contributed by atoms with Gasteiger partial charge in [-0.2, -0.15) is 0 Å². The lowest BCUT2D eigenvalue weighted by Gasteiger charge is -2.26. The molecule has 0 saturated carbocycles. The SMILES string of the molecule is COc1ccc(Cl)cc1C[NH+](C)CC(=O)N[C@H]1CCCc2ccccc21. The molecule has 0 heterocycles. The summed E-state index contributed by atoms with van der Waals surface area (Å²) in [5.74, 6) is 0.876. The summed E-state index contributed by atoms with van der Waals surface area (Å²) < 4.78 is 5.39. The van der Waals surface area contributed by atoms with Gasteiger partial charge in [-0.3, -0.25) is 4.79 Å². The minimum absolute atomic E-state index is 0.0743. The molecule has 5 heteroatoms. The molecule has 2 aromatic rings. The molecule has 0 fully saturated rings. The van der Waals surface area contributed by atoms with Gasteiger partial charge in [0.1, 0.15) is 12.3 Å². The van der Waals surface area contributed by atoms with Crippen LogP contribution in [0.2, 0.25) is 5.02 Å². The highest BCUT2D eigenvalue weighted by molar-refractivity contribution is 6.30. The van der Waals surface area contributed by atoms with Crippen molar-refractivity contribution in [2.24, 2.45) is 0 Å². The normalized spacial score (nSPS) is 17.3. The summed E-state index contributed by atoms with van der Waals surface area (Å²) in [6, 6.07) is 14.1. The molecule has 26 heavy (non-hydrogen) atoms. The van der Waals surface area contributed by atoms with E-state index in [2.05, 4.69) is 23.5 Å². The van der Waals surface area contributed by atoms with Crippen molar-refractivity contribution in [1.29, 1.82) is 0 Å². The Morgan fingerprint density at radius 2 is 2.12 bits per heavy atom. The third kappa shape index (κ3) is 4.57. The monoisotopic (exact) mass is 373 g/mol. The highest BCUT2D eigenvalue weighted by Gasteiger charge is 2.23. The lowest BCUT2D eigenvalue weighted by molar-refractivity contribution is -0.885. The number of ether oxygens (including phenoxy) is 1. The van der Waals surface area contributed by atoms with Crippen LogP contribution in [0, 0.1) is 0 Å². The van der Waals surface area contributed by atoms with Gasteiger partial charge >= 0.3 is 0 Å². The maximum Gasteiger partial charge on any atom is 0.275 e. The van der Waals surface area contributed by atoms with E-state index in [0.29, 0.717) is 18.1 Å². The second-order valence-electron chi connectivity index (χ2n) is 6.98. The third-order valence-electron chi connectivity index (χ3n) is 4.90. The van der Waals surface area contributed by atoms with Crippen molar-refractivity contribution in [2.75, 3.05) is 20.7 Å². The van der Waals surface area contributed by atoms with E-state index in [-0.39, 0.29) is 11.9 Å². The van der Waals surface area contributed by atoms with Gasteiger partial charge in [0, 0.05) is 10.6 Å². The molecule has 1 aliphatic rings. The van der Waals surface area contributed by atoms with E-state index >= 15 is 0 Å². The molecule has 0 aromatic heterocycles. The Hall–Kier alpha value is -2.04. The molecule has 0 saturated heterocycles. The summed E-state index contributed by atoms with van der Waals surface area (Å²) in [5, 5.41) is 3.89. The molecule has 1 aliphatic carbocycles. The molecule has 2 N–H and O–H groups in total. The molecule has 0 bridgehead atoms. The fraction of sp³-hybridized carbons (Fsp3) is 0.381. The number of rotatable bonds is 6. The number of carbonyl (C=O) groups excluding carboxylic acids is 1. The maximum atomic E-state index is 12.6. The highest BCUT2D eigenvalue weighted by atomic mass is 35.5. The first-order valence-electron chi connectivity index (χ1n) is 9.07. The van der Waals surface area contributed by atoms with Crippen LogP contribution in [0.1, 0.15) is 35.6 Å². The van der Waals surface area contributed by atoms with Gasteiger partial charge in [0.05, 0.1) is 20.2 Å². The van der Waals surface area contributed by atoms with E-state index in [1.54, 1.807) is 7.11 Å². The molecule has 2 atom stereocenters. The van der Waals surface area contributed by atoms with Crippen LogP contribution in [0.25, 0.3) is 0 Å². The fourth-order valence-electron chi connectivity index (χ4n) is 3.70. The van der Waals surface area contributed by atoms with E-state index < -0.39 is 0 Å². The molecular weight excluding hydrogens is 348 g/mol. The van der Waals surface area contributed by atoms with Crippen LogP contribution in [0.5, 0.6) is 5.75 Å². The number of aryl methyl sites for hydroxylation is 1. The summed E-state index contributed by atoms with van der Waals surface area (Å²) in [5.41, 5.74) is 3.63. The summed E-state index contributed by atoms with van der Waals surface area (Å²) >= 11 is 6.10. The van der Waals surface area contributed by atoms with Gasteiger partial charge in [0.25, 0.3) is 5.91 Å². The molecule has 0 radical (unpaired) electrons. The van der Waals surface area contributed by atoms with E-state index in [0.717, 1.165) is 35.5 Å². The molecule has 2 aromatic carbocycles. The number of hydrogen-bond donors (Lipinski definition) is 2. The quantitative estimate of drug-likeness (QED) is 0.817. The number of fused-ring (bicyclic) bond motifs is 1. The van der Waals surface area contributed by atoms with E-state index in [9.17, 15) is 4.79 Å². The minimum atomic E-state index is 0.0743. The van der Waals surface area contributed by atoms with Gasteiger partial charge in [-0.15, -0.1) is 0 Å². The van der Waals surface area contributed by atoms with Gasteiger partial charge in [0.15, 0.2) is 6.54 Å². The van der Waals surface area contributed by atoms with Crippen molar-refractivity contribution < 1.29 is 14.4 Å². The summed E-state index contributed by atoms with van der Waals surface area (Å²) in [6.07, 6.45) is 3.22. The zero-order valence-corrected chi connectivity index (χ0v) is 16.1. The summed E-state index contributed by atoms with van der Waals surface area (Å²) in [6.45, 7) is 1.09. The molecule has 138 valence electrons. The fourth-order valence-corrected chi connectivity index (χ4v) is 3.89. The molecule has 1 unspecified atom stereocenters. The van der Waals surface area contributed by atoms with Crippen molar-refractivity contribution in [1.82, 2.24) is 5.32 Å². The van der Waals surface area contributed by atoms with E-state index in [1.807, 2.05) is 31.3 Å². The molecule has 1 amide bonds. The third-order valence-corrected chi connectivity index (χ3v) is 5.14. The van der Waals surface area contributed by atoms with Crippen LogP contribution in [0.15, 0.2) is 42.5 Å². The van der Waals surface area contributed by atoms with Crippen molar-refractivity contribution >= 4 is 17.5 Å². The van der Waals surface area contributed by atoms with Crippen molar-refractivity contribution in [2.45, 2.75) is 31.8 Å². The zero-order chi connectivity index (χ0) is 18.5. The number of nitrogens with one attached hydrogen (secondary N) is 2. The van der Waals surface area contributed by atoms with Crippen LogP contribution in [0.4, 0.5) is 0 Å². The average Bonchev–Trinajstić information content (AvgIpc) is 2.62. The van der Waals surface area contributed by atoms with Crippen LogP contribution < -0.4 is 15.0 Å². The van der Waals surface area contributed by atoms with Crippen LogP contribution in [-0.4, -0.2) is 26.6 Å². The van der Waals surface area contributed by atoms with E-state index in [4.69, 9.17) is 16.3 Å². The standard InChI is InChI=1S/C21H25ClN2O2/c1-24(13-16-12-17(22)10-11-20(16)26-2)14-21(25)23-19-9-5-7-15-6-3-4-8-18(15)19/h3-4,6,8,10-12,19H,5,7,9,13-14H2,1-2H3,(H,23,25)/p+1/t19-/m0/s1. The lowest BCUT2D eigenvalue weighted by atomic mass is 9.88. The number of likely N-dealkylation sites (N-methyl/N-ethyl adjacent to an activating group) is 1. The number of halogens is 1. The number of quaternary nitrogens is 1. The first kappa shape index (κ1) is 18.7. The Kier molecular flexibility index (Phi) is 6.17. The lowest BCUT2D eigenvalue weighted by Crippen LogP contribution is -3.08. The second kappa shape index (κ2) is 8.56. The highest BCUT2D eigenvalue weighted by Crippen LogP contribution is 2.29. The Morgan fingerprint density at radius 1 is 1.31 bits per heavy atom. The van der Waals surface area contributed by atoms with Crippen molar-refractivity contribution in [3.63, 3.8) is 0 Å². The molecule has 0 aliphatic heterocycles. The van der Waals surface area contributed by atoms with Crippen molar-refractivity contribution in [3.05, 3.63) is 64.2 Å². The predicted molar refractivity (Wildman–Crippen MR) is 104 cm³/mol. The molecule has 3 rings (SSSR count). The summed E-state index contributed by atoms with van der Waals surface area (Å²) in [4.78, 5) is 13.6. The molecule has 0 spiro atoms. The zero-order valence-electron chi connectivity index (χ0n) is 15.3. The number of benzene rings is 2. The van der Waals surface area contributed by atoms with Gasteiger partial charge < -0.3 is 15.0 Å². The molecule has 4 nitrogen and oxygen atoms in total. The van der Waals surface area contributed by atoms with Gasteiger partial charge in [0.2, 0.25) is 0 Å². The van der Waals surface area contributed by atoms with Gasteiger partial charge in [-0.25, -0.2) is 0 Å². The van der Waals surface area contributed by atoms with Crippen LogP contribution in [0.3, 0.4) is 0 Å². The maximum absolute atomic E-state index is 12.6. The first-order chi connectivity index (χ1) is 12.6. The van der Waals surface area contributed by atoms with Gasteiger partial charge in [-0.05, 0) is 48.6 Å².